The molecule has 0 unspecified atom stereocenters. The van der Waals surface area contributed by atoms with Gasteiger partial charge in [-0.3, -0.25) is 0 Å². The summed E-state index contributed by atoms with van der Waals surface area (Å²) in [6.07, 6.45) is 6.75. The second-order valence-corrected chi connectivity index (χ2v) is 13.3. The lowest BCUT2D eigenvalue weighted by Crippen LogP contribution is -2.00. The molecule has 0 aliphatic heterocycles. The van der Waals surface area contributed by atoms with E-state index in [1.54, 1.807) is 0 Å². The highest BCUT2D eigenvalue weighted by atomic mass is 15.0. The molecule has 2 aromatic heterocycles. The van der Waals surface area contributed by atoms with E-state index in [1.807, 2.05) is 0 Å². The highest BCUT2D eigenvalue weighted by Crippen LogP contribution is 2.40. The normalized spacial score (nSPS) is 12.6. The number of fused-ring (bicyclic) bond motifs is 6. The molecule has 7 aromatic carbocycles. The maximum atomic E-state index is 2.46. The van der Waals surface area contributed by atoms with Crippen molar-refractivity contribution in [3.63, 3.8) is 0 Å². The molecule has 236 valence electrons. The van der Waals surface area contributed by atoms with Crippen LogP contribution in [0.4, 0.5) is 0 Å². The summed E-state index contributed by atoms with van der Waals surface area (Å²) >= 11 is 0. The molecule has 50 heavy (non-hydrogen) atoms. The van der Waals surface area contributed by atoms with E-state index < -0.39 is 0 Å². The molecule has 2 heteroatoms. The van der Waals surface area contributed by atoms with Crippen LogP contribution >= 0.6 is 0 Å². The second-order valence-electron chi connectivity index (χ2n) is 13.3. The second kappa shape index (κ2) is 11.6. The third-order valence-electron chi connectivity index (χ3n) is 10.4. The molecule has 0 amide bonds. The molecule has 0 N–H and O–H groups in total. The Labute approximate surface area is 291 Å². The van der Waals surface area contributed by atoms with Crippen molar-refractivity contribution in [2.24, 2.45) is 0 Å². The summed E-state index contributed by atoms with van der Waals surface area (Å²) in [7, 11) is 0. The number of aromatic nitrogens is 2. The number of rotatable bonds is 5. The number of hydrogen-bond acceptors (Lipinski definition) is 0. The van der Waals surface area contributed by atoms with Crippen LogP contribution in [0.2, 0.25) is 0 Å². The van der Waals surface area contributed by atoms with Gasteiger partial charge in [-0.25, -0.2) is 0 Å². The summed E-state index contributed by atoms with van der Waals surface area (Å²) in [5.74, 6) is 0. The van der Waals surface area contributed by atoms with Gasteiger partial charge in [0, 0.05) is 33.2 Å². The number of aryl methyl sites for hydroxylation is 1. The average Bonchev–Trinajstić information content (AvgIpc) is 3.70. The van der Waals surface area contributed by atoms with Crippen LogP contribution in [-0.2, 0) is 6.42 Å². The molecule has 0 bridgehead atoms. The first-order valence-electron chi connectivity index (χ1n) is 17.5. The molecule has 0 saturated heterocycles. The van der Waals surface area contributed by atoms with Crippen LogP contribution in [0, 0.1) is 0 Å². The van der Waals surface area contributed by atoms with E-state index in [-0.39, 0.29) is 0 Å². The Morgan fingerprint density at radius 2 is 0.920 bits per heavy atom. The Bertz CT molecular complexity index is 2730. The van der Waals surface area contributed by atoms with Crippen molar-refractivity contribution in [3.8, 4) is 44.8 Å². The van der Waals surface area contributed by atoms with Gasteiger partial charge in [0.15, 0.2) is 0 Å². The zero-order chi connectivity index (χ0) is 33.0. The standard InChI is InChI=1S/C48H34N2/c1-4-13-33(14-5-1)35-17-12-20-40(29-35)50-45-22-11-10-21-41(45)43-30-36(25-28-47(43)50)37-24-27-46-44(31-37)42-26-23-38(34-15-6-2-7-16-34)32-48(42)49(46)39-18-8-3-9-19-39/h1-9,11-20,22-32H,10,21H2. The van der Waals surface area contributed by atoms with Gasteiger partial charge in [-0.05, 0) is 112 Å². The fraction of sp³-hybridized carbons (Fsp3) is 0.0417. The predicted octanol–water partition coefficient (Wildman–Crippen LogP) is 12.7. The first kappa shape index (κ1) is 28.6. The molecule has 2 heterocycles. The molecule has 2 nitrogen and oxygen atoms in total. The molecule has 0 atom stereocenters. The van der Waals surface area contributed by atoms with Crippen LogP contribution in [0.25, 0.3) is 83.5 Å². The van der Waals surface area contributed by atoms with Crippen LogP contribution < -0.4 is 0 Å². The van der Waals surface area contributed by atoms with E-state index in [0.29, 0.717) is 0 Å². The van der Waals surface area contributed by atoms with Gasteiger partial charge < -0.3 is 9.13 Å². The summed E-state index contributed by atoms with van der Waals surface area (Å²) < 4.78 is 4.87. The highest BCUT2D eigenvalue weighted by Gasteiger charge is 2.20. The Balaban J connectivity index is 1.14. The Morgan fingerprint density at radius 1 is 0.360 bits per heavy atom. The maximum Gasteiger partial charge on any atom is 0.0547 e. The van der Waals surface area contributed by atoms with E-state index in [9.17, 15) is 0 Å². The minimum Gasteiger partial charge on any atom is -0.310 e. The van der Waals surface area contributed by atoms with Crippen molar-refractivity contribution >= 4 is 38.8 Å². The zero-order valence-electron chi connectivity index (χ0n) is 27.6. The Hall–Kier alpha value is -6.38. The van der Waals surface area contributed by atoms with Crippen molar-refractivity contribution in [2.75, 3.05) is 0 Å². The first-order chi connectivity index (χ1) is 24.8. The van der Waals surface area contributed by atoms with E-state index in [2.05, 4.69) is 191 Å². The SMILES string of the molecule is C1=Cc2c(c3cc(-c4ccc5c(c4)c4ccc(-c6ccccc6)cc4n5-c4ccccc4)ccc3n2-c2cccc(-c3ccccc3)c2)CC1. The van der Waals surface area contributed by atoms with Crippen molar-refractivity contribution in [1.29, 1.82) is 0 Å². The summed E-state index contributed by atoms with van der Waals surface area (Å²) in [5.41, 5.74) is 16.2. The van der Waals surface area contributed by atoms with Crippen LogP contribution in [0.1, 0.15) is 17.7 Å². The van der Waals surface area contributed by atoms with Crippen molar-refractivity contribution in [1.82, 2.24) is 9.13 Å². The monoisotopic (exact) mass is 638 g/mol. The third-order valence-corrected chi connectivity index (χ3v) is 10.4. The summed E-state index contributed by atoms with van der Waals surface area (Å²) in [6, 6.07) is 62.0. The minimum atomic E-state index is 1.05. The molecule has 1 aliphatic rings. The smallest absolute Gasteiger partial charge is 0.0547 e. The molecule has 10 rings (SSSR count). The lowest BCUT2D eigenvalue weighted by Gasteiger charge is -2.13. The molecule has 0 saturated carbocycles. The van der Waals surface area contributed by atoms with Gasteiger partial charge in [0.05, 0.1) is 16.6 Å². The Morgan fingerprint density at radius 3 is 1.64 bits per heavy atom. The van der Waals surface area contributed by atoms with Crippen LogP contribution in [0.3, 0.4) is 0 Å². The summed E-state index contributed by atoms with van der Waals surface area (Å²) in [6.45, 7) is 0. The minimum absolute atomic E-state index is 1.05. The largest absolute Gasteiger partial charge is 0.310 e. The van der Waals surface area contributed by atoms with E-state index >= 15 is 0 Å². The van der Waals surface area contributed by atoms with Gasteiger partial charge in [-0.1, -0.05) is 121 Å². The van der Waals surface area contributed by atoms with E-state index in [0.717, 1.165) is 12.8 Å². The maximum absolute atomic E-state index is 2.46. The van der Waals surface area contributed by atoms with Crippen LogP contribution in [-0.4, -0.2) is 9.13 Å². The number of para-hydroxylation sites is 1. The molecule has 1 aliphatic carbocycles. The fourth-order valence-electron chi connectivity index (χ4n) is 8.01. The van der Waals surface area contributed by atoms with E-state index in [1.165, 1.54) is 88.7 Å². The fourth-order valence-corrected chi connectivity index (χ4v) is 8.01. The van der Waals surface area contributed by atoms with Gasteiger partial charge in [0.2, 0.25) is 0 Å². The van der Waals surface area contributed by atoms with Gasteiger partial charge in [-0.2, -0.15) is 0 Å². The molecule has 0 fully saturated rings. The molecule has 0 radical (unpaired) electrons. The quantitative estimate of drug-likeness (QED) is 0.178. The number of allylic oxidation sites excluding steroid dienone is 1. The highest BCUT2D eigenvalue weighted by molar-refractivity contribution is 6.11. The molecule has 0 spiro atoms. The van der Waals surface area contributed by atoms with Crippen LogP contribution in [0.15, 0.2) is 176 Å². The zero-order valence-corrected chi connectivity index (χ0v) is 27.6. The lowest BCUT2D eigenvalue weighted by atomic mass is 9.97. The Kier molecular flexibility index (Phi) is 6.67. The average molecular weight is 639 g/mol. The lowest BCUT2D eigenvalue weighted by molar-refractivity contribution is 0.968. The summed E-state index contributed by atoms with van der Waals surface area (Å²) in [5, 5.41) is 3.87. The molecular formula is C48H34N2. The number of hydrogen-bond donors (Lipinski definition) is 0. The third kappa shape index (κ3) is 4.64. The topological polar surface area (TPSA) is 9.86 Å². The van der Waals surface area contributed by atoms with Crippen LogP contribution in [0.5, 0.6) is 0 Å². The van der Waals surface area contributed by atoms with Crippen molar-refractivity contribution in [3.05, 3.63) is 187 Å². The van der Waals surface area contributed by atoms with Gasteiger partial charge in [-0.15, -0.1) is 0 Å². The summed E-state index contributed by atoms with van der Waals surface area (Å²) in [4.78, 5) is 0. The number of benzene rings is 7. The predicted molar refractivity (Wildman–Crippen MR) is 211 cm³/mol. The molecule has 9 aromatic rings. The first-order valence-corrected chi connectivity index (χ1v) is 17.5. The van der Waals surface area contributed by atoms with Gasteiger partial charge in [0.1, 0.15) is 0 Å². The van der Waals surface area contributed by atoms with Gasteiger partial charge >= 0.3 is 0 Å². The number of nitrogens with zero attached hydrogens (tertiary/aromatic N) is 2. The van der Waals surface area contributed by atoms with Crippen molar-refractivity contribution < 1.29 is 0 Å². The van der Waals surface area contributed by atoms with Crippen molar-refractivity contribution in [2.45, 2.75) is 12.8 Å². The molecular weight excluding hydrogens is 605 g/mol. The van der Waals surface area contributed by atoms with Gasteiger partial charge in [0.25, 0.3) is 0 Å². The van der Waals surface area contributed by atoms with E-state index in [4.69, 9.17) is 0 Å².